The number of pyridine rings is 1. The fourth-order valence-corrected chi connectivity index (χ4v) is 2.45. The minimum Gasteiger partial charge on any atom is -0.439 e. The van der Waals surface area contributed by atoms with Crippen molar-refractivity contribution in [2.24, 2.45) is 0 Å². The predicted octanol–water partition coefficient (Wildman–Crippen LogP) is 4.57. The molecule has 0 radical (unpaired) electrons. The van der Waals surface area contributed by atoms with Crippen molar-refractivity contribution in [3.05, 3.63) is 48.4 Å². The summed E-state index contributed by atoms with van der Waals surface area (Å²) in [7, 11) is 0. The highest BCUT2D eigenvalue weighted by molar-refractivity contribution is 5.77. The Morgan fingerprint density at radius 2 is 1.85 bits per heavy atom. The highest BCUT2D eigenvalue weighted by atomic mass is 19.4. The molecule has 1 N–H and O–H groups in total. The topological polar surface area (TPSA) is 60.2 Å². The number of aromatic nitrogens is 3. The van der Waals surface area contributed by atoms with Gasteiger partial charge in [-0.25, -0.2) is 9.97 Å². The molecule has 0 saturated heterocycles. The quantitative estimate of drug-likeness (QED) is 0.736. The third kappa shape index (κ3) is 3.65. The number of ether oxygens (including phenoxy) is 1. The molecule has 2 heterocycles. The average molecular weight is 365 g/mol. The Kier molecular flexibility index (Phi) is 4.39. The number of halogens is 3. The summed E-state index contributed by atoms with van der Waals surface area (Å²) in [6.07, 6.45) is -2.08. The number of alkyl halides is 3. The van der Waals surface area contributed by atoms with Crippen LogP contribution in [0, 0.1) is 0 Å². The maximum atomic E-state index is 12.6. The lowest BCUT2D eigenvalue weighted by molar-refractivity contribution is -0.137. The van der Waals surface area contributed by atoms with E-state index in [0.29, 0.717) is 11.3 Å². The van der Waals surface area contributed by atoms with Crippen LogP contribution in [0.3, 0.4) is 0 Å². The molecule has 0 aliphatic heterocycles. The van der Waals surface area contributed by atoms with Crippen LogP contribution in [0.4, 0.5) is 13.2 Å². The SMILES string of the molecule is C[C@H](n1cnc2ccc(Oc3ccc(C(F)(F)F)cn3)cc21)C(C)(C)O. The van der Waals surface area contributed by atoms with Crippen LogP contribution in [0.5, 0.6) is 11.6 Å². The molecule has 0 aliphatic carbocycles. The number of nitrogens with zero attached hydrogens (tertiary/aromatic N) is 3. The van der Waals surface area contributed by atoms with Crippen LogP contribution in [-0.2, 0) is 6.18 Å². The second-order valence-electron chi connectivity index (χ2n) is 6.62. The molecule has 0 saturated carbocycles. The Balaban J connectivity index is 1.89. The number of hydrogen-bond donors (Lipinski definition) is 1. The van der Waals surface area contributed by atoms with Gasteiger partial charge in [-0.15, -0.1) is 0 Å². The molecule has 0 bridgehead atoms. The van der Waals surface area contributed by atoms with Gasteiger partial charge >= 0.3 is 6.18 Å². The first-order valence-corrected chi connectivity index (χ1v) is 7.96. The lowest BCUT2D eigenvalue weighted by atomic mass is 10.0. The number of benzene rings is 1. The summed E-state index contributed by atoms with van der Waals surface area (Å²) in [5, 5.41) is 10.2. The van der Waals surface area contributed by atoms with Crippen LogP contribution >= 0.6 is 0 Å². The second kappa shape index (κ2) is 6.28. The standard InChI is InChI=1S/C18H18F3N3O2/c1-11(17(2,3)25)24-10-23-14-6-5-13(8-15(14)24)26-16-7-4-12(9-22-16)18(19,20)21/h4-11,25H,1-3H3/t11-/m0/s1. The van der Waals surface area contributed by atoms with E-state index >= 15 is 0 Å². The highest BCUT2D eigenvalue weighted by Crippen LogP contribution is 2.31. The molecule has 0 spiro atoms. The third-order valence-electron chi connectivity index (χ3n) is 4.27. The Hall–Kier alpha value is -2.61. The van der Waals surface area contributed by atoms with Crippen molar-refractivity contribution in [3.8, 4) is 11.6 Å². The van der Waals surface area contributed by atoms with Crippen LogP contribution in [0.1, 0.15) is 32.4 Å². The van der Waals surface area contributed by atoms with Gasteiger partial charge in [0.15, 0.2) is 0 Å². The van der Waals surface area contributed by atoms with Crippen LogP contribution in [0.25, 0.3) is 11.0 Å². The van der Waals surface area contributed by atoms with Gasteiger partial charge in [-0.3, -0.25) is 0 Å². The first-order chi connectivity index (χ1) is 12.1. The minimum absolute atomic E-state index is 0.0546. The number of fused-ring (bicyclic) bond motifs is 1. The lowest BCUT2D eigenvalue weighted by Crippen LogP contribution is -2.30. The molecule has 0 fully saturated rings. The lowest BCUT2D eigenvalue weighted by Gasteiger charge is -2.27. The van der Waals surface area contributed by atoms with Crippen molar-refractivity contribution in [1.82, 2.24) is 14.5 Å². The smallest absolute Gasteiger partial charge is 0.417 e. The molecule has 8 heteroatoms. The normalized spacial score (nSPS) is 13.8. The van der Waals surface area contributed by atoms with Crippen molar-refractivity contribution in [2.75, 3.05) is 0 Å². The summed E-state index contributed by atoms with van der Waals surface area (Å²) in [5.41, 5.74) is -0.338. The minimum atomic E-state index is -4.44. The Morgan fingerprint density at radius 1 is 1.12 bits per heavy atom. The van der Waals surface area contributed by atoms with Crippen molar-refractivity contribution in [1.29, 1.82) is 0 Å². The molecular weight excluding hydrogens is 347 g/mol. The molecule has 5 nitrogen and oxygen atoms in total. The van der Waals surface area contributed by atoms with Gasteiger partial charge in [0.05, 0.1) is 34.6 Å². The molecule has 26 heavy (non-hydrogen) atoms. The fraction of sp³-hybridized carbons (Fsp3) is 0.333. The molecule has 3 aromatic rings. The zero-order chi connectivity index (χ0) is 19.1. The van der Waals surface area contributed by atoms with Crippen LogP contribution in [0.15, 0.2) is 42.9 Å². The van der Waals surface area contributed by atoms with Crippen LogP contribution < -0.4 is 4.74 Å². The number of rotatable bonds is 4. The van der Waals surface area contributed by atoms with Crippen molar-refractivity contribution in [3.63, 3.8) is 0 Å². The molecule has 0 amide bonds. The average Bonchev–Trinajstić information content (AvgIpc) is 2.96. The molecule has 2 aromatic heterocycles. The molecule has 0 unspecified atom stereocenters. The van der Waals surface area contributed by atoms with Gasteiger partial charge in [-0.1, -0.05) is 0 Å². The summed E-state index contributed by atoms with van der Waals surface area (Å²) in [5.74, 6) is 0.466. The monoisotopic (exact) mass is 365 g/mol. The summed E-state index contributed by atoms with van der Waals surface area (Å²) in [6, 6.07) is 6.96. The van der Waals surface area contributed by atoms with E-state index in [9.17, 15) is 18.3 Å². The largest absolute Gasteiger partial charge is 0.439 e. The molecule has 0 aliphatic rings. The molecule has 1 aromatic carbocycles. The van der Waals surface area contributed by atoms with E-state index in [-0.39, 0.29) is 11.9 Å². The summed E-state index contributed by atoms with van der Waals surface area (Å²) < 4.78 is 45.2. The highest BCUT2D eigenvalue weighted by Gasteiger charge is 2.30. The van der Waals surface area contributed by atoms with Gasteiger partial charge in [0.25, 0.3) is 0 Å². The Bertz CT molecular complexity index is 912. The maximum Gasteiger partial charge on any atom is 0.417 e. The molecular formula is C18H18F3N3O2. The van der Waals surface area contributed by atoms with Crippen molar-refractivity contribution >= 4 is 11.0 Å². The molecule has 3 rings (SSSR count). The van der Waals surface area contributed by atoms with E-state index in [1.807, 2.05) is 11.5 Å². The first-order valence-electron chi connectivity index (χ1n) is 7.96. The Labute approximate surface area is 148 Å². The van der Waals surface area contributed by atoms with E-state index < -0.39 is 17.3 Å². The summed E-state index contributed by atoms with van der Waals surface area (Å²) in [4.78, 5) is 8.00. The van der Waals surface area contributed by atoms with Gasteiger partial charge < -0.3 is 14.4 Å². The van der Waals surface area contributed by atoms with E-state index in [1.165, 1.54) is 6.07 Å². The van der Waals surface area contributed by atoms with Gasteiger partial charge in [-0.05, 0) is 39.0 Å². The van der Waals surface area contributed by atoms with Crippen molar-refractivity contribution in [2.45, 2.75) is 38.6 Å². The fourth-order valence-electron chi connectivity index (χ4n) is 2.45. The van der Waals surface area contributed by atoms with Crippen LogP contribution in [0.2, 0.25) is 0 Å². The zero-order valence-electron chi connectivity index (χ0n) is 14.4. The van der Waals surface area contributed by atoms with E-state index in [1.54, 1.807) is 38.4 Å². The first kappa shape index (κ1) is 18.2. The van der Waals surface area contributed by atoms with Gasteiger partial charge in [-0.2, -0.15) is 13.2 Å². The predicted molar refractivity (Wildman–Crippen MR) is 90.1 cm³/mol. The van der Waals surface area contributed by atoms with E-state index in [4.69, 9.17) is 4.74 Å². The number of imidazole rings is 1. The van der Waals surface area contributed by atoms with E-state index in [0.717, 1.165) is 17.8 Å². The number of aliphatic hydroxyl groups is 1. The Morgan fingerprint density at radius 3 is 2.42 bits per heavy atom. The van der Waals surface area contributed by atoms with E-state index in [2.05, 4.69) is 9.97 Å². The van der Waals surface area contributed by atoms with Crippen molar-refractivity contribution < 1.29 is 23.0 Å². The summed E-state index contributed by atoms with van der Waals surface area (Å²) in [6.45, 7) is 5.28. The molecule has 138 valence electrons. The second-order valence-corrected chi connectivity index (χ2v) is 6.62. The van der Waals surface area contributed by atoms with Gasteiger partial charge in [0.1, 0.15) is 5.75 Å². The van der Waals surface area contributed by atoms with Crippen LogP contribution in [-0.4, -0.2) is 25.2 Å². The summed E-state index contributed by atoms with van der Waals surface area (Å²) >= 11 is 0. The third-order valence-corrected chi connectivity index (χ3v) is 4.27. The van der Waals surface area contributed by atoms with Gasteiger partial charge in [0.2, 0.25) is 5.88 Å². The number of hydrogen-bond acceptors (Lipinski definition) is 4. The van der Waals surface area contributed by atoms with Gasteiger partial charge in [0, 0.05) is 18.3 Å². The maximum absolute atomic E-state index is 12.6. The molecule has 1 atom stereocenters. The zero-order valence-corrected chi connectivity index (χ0v) is 14.4.